The monoisotopic (exact) mass is 230 g/mol. The fourth-order valence-electron chi connectivity index (χ4n) is 0.630. The summed E-state index contributed by atoms with van der Waals surface area (Å²) in [5.41, 5.74) is 0. The van der Waals surface area contributed by atoms with Gasteiger partial charge in [0.2, 0.25) is 0 Å². The van der Waals surface area contributed by atoms with Crippen molar-refractivity contribution in [3.8, 4) is 0 Å². The van der Waals surface area contributed by atoms with Crippen LogP contribution >= 0.6 is 28.1 Å². The summed E-state index contributed by atoms with van der Waals surface area (Å²) in [5.74, 6) is 0.778. The van der Waals surface area contributed by atoms with Crippen LogP contribution in [-0.2, 0) is 0 Å². The largest absolute Gasteiger partial charge is 0.335 e. The Kier molecular flexibility index (Phi) is 2.96. The molecule has 0 radical (unpaired) electrons. The smallest absolute Gasteiger partial charge is 0.130 e. The van der Waals surface area contributed by atoms with E-state index in [0.29, 0.717) is 0 Å². The number of thiocarbonyl (C=S) groups is 1. The number of hydrogen-bond acceptors (Lipinski definition) is 2. The van der Waals surface area contributed by atoms with E-state index in [0.717, 1.165) is 15.3 Å². The van der Waals surface area contributed by atoms with Crippen LogP contribution in [0.15, 0.2) is 22.8 Å². The first-order chi connectivity index (χ1) is 5.18. The van der Waals surface area contributed by atoms with Gasteiger partial charge < -0.3 is 5.32 Å². The van der Waals surface area contributed by atoms with Crippen molar-refractivity contribution in [1.29, 1.82) is 0 Å². The summed E-state index contributed by atoms with van der Waals surface area (Å²) in [6.45, 7) is 1.82. The Balaban J connectivity index is 2.74. The average molecular weight is 231 g/mol. The van der Waals surface area contributed by atoms with Crippen molar-refractivity contribution in [2.45, 2.75) is 6.92 Å². The number of anilines is 1. The Hall–Kier alpha value is -0.480. The number of halogens is 1. The van der Waals surface area contributed by atoms with Gasteiger partial charge in [0, 0.05) is 10.7 Å². The molecule has 2 nitrogen and oxygen atoms in total. The molecule has 0 fully saturated rings. The van der Waals surface area contributed by atoms with Crippen LogP contribution < -0.4 is 5.32 Å². The first kappa shape index (κ1) is 8.62. The van der Waals surface area contributed by atoms with Crippen molar-refractivity contribution in [3.63, 3.8) is 0 Å². The molecule has 1 aromatic rings. The molecule has 1 N–H and O–H groups in total. The summed E-state index contributed by atoms with van der Waals surface area (Å²) in [5, 5.41) is 2.93. The van der Waals surface area contributed by atoms with E-state index < -0.39 is 0 Å². The molecule has 4 heteroatoms. The Morgan fingerprint density at radius 1 is 1.64 bits per heavy atom. The lowest BCUT2D eigenvalue weighted by Gasteiger charge is -2.00. The van der Waals surface area contributed by atoms with Gasteiger partial charge in [-0.25, -0.2) is 4.98 Å². The van der Waals surface area contributed by atoms with E-state index in [1.165, 1.54) is 0 Å². The summed E-state index contributed by atoms with van der Waals surface area (Å²) in [7, 11) is 0. The molecule has 0 atom stereocenters. The highest BCUT2D eigenvalue weighted by Gasteiger charge is 1.92. The fourth-order valence-corrected chi connectivity index (χ4v) is 0.969. The fraction of sp³-hybridized carbons (Fsp3) is 0.143. The quantitative estimate of drug-likeness (QED) is 0.752. The molecule has 0 unspecified atom stereocenters. The number of nitrogens with zero attached hydrogens (tertiary/aromatic N) is 1. The molecule has 58 valence electrons. The van der Waals surface area contributed by atoms with Gasteiger partial charge in [0.05, 0.1) is 4.99 Å². The van der Waals surface area contributed by atoms with Crippen molar-refractivity contribution in [3.05, 3.63) is 22.8 Å². The highest BCUT2D eigenvalue weighted by atomic mass is 79.9. The first-order valence-electron chi connectivity index (χ1n) is 3.07. The maximum absolute atomic E-state index is 4.85. The second-order valence-corrected chi connectivity index (χ2v) is 3.57. The first-order valence-corrected chi connectivity index (χ1v) is 4.28. The normalized spacial score (nSPS) is 9.27. The molecular formula is C7H7BrN2S. The van der Waals surface area contributed by atoms with Gasteiger partial charge in [0.15, 0.2) is 0 Å². The minimum absolute atomic E-state index is 0.722. The van der Waals surface area contributed by atoms with Crippen LogP contribution in [0.5, 0.6) is 0 Å². The van der Waals surface area contributed by atoms with Gasteiger partial charge >= 0.3 is 0 Å². The number of hydrogen-bond donors (Lipinski definition) is 1. The highest BCUT2D eigenvalue weighted by Crippen LogP contribution is 2.10. The molecule has 0 aliphatic rings. The summed E-state index contributed by atoms with van der Waals surface area (Å²) in [4.78, 5) is 4.79. The van der Waals surface area contributed by atoms with E-state index in [9.17, 15) is 0 Å². The van der Waals surface area contributed by atoms with Crippen LogP contribution in [0, 0.1) is 0 Å². The van der Waals surface area contributed by atoms with Gasteiger partial charge in [0.25, 0.3) is 0 Å². The molecule has 0 saturated carbocycles. The Morgan fingerprint density at radius 3 is 2.82 bits per heavy atom. The van der Waals surface area contributed by atoms with E-state index >= 15 is 0 Å². The molecule has 1 heterocycles. The molecule has 1 aromatic heterocycles. The summed E-state index contributed by atoms with van der Waals surface area (Å²) >= 11 is 8.14. The van der Waals surface area contributed by atoms with Crippen LogP contribution in [0.3, 0.4) is 0 Å². The van der Waals surface area contributed by atoms with Crippen LogP contribution in [0.1, 0.15) is 6.92 Å². The number of nitrogens with one attached hydrogen (secondary N) is 1. The third kappa shape index (κ3) is 2.95. The predicted octanol–water partition coefficient (Wildman–Crippen LogP) is 2.60. The number of pyridine rings is 1. The van der Waals surface area contributed by atoms with Crippen molar-refractivity contribution in [2.75, 3.05) is 5.32 Å². The van der Waals surface area contributed by atoms with Gasteiger partial charge in [-0.05, 0) is 35.0 Å². The molecule has 1 rings (SSSR count). The highest BCUT2D eigenvalue weighted by molar-refractivity contribution is 9.10. The standard InChI is InChI=1S/C7H7BrN2S/c1-5(11)10-7-3-2-6(8)4-9-7/h2-4H,1H3,(H,9,10,11). The third-order valence-electron chi connectivity index (χ3n) is 1.03. The Morgan fingerprint density at radius 2 is 2.36 bits per heavy atom. The average Bonchev–Trinajstić information content (AvgIpc) is 1.93. The van der Waals surface area contributed by atoms with Crippen LogP contribution in [0.25, 0.3) is 0 Å². The van der Waals surface area contributed by atoms with E-state index in [4.69, 9.17) is 12.2 Å². The van der Waals surface area contributed by atoms with Crippen LogP contribution in [0.2, 0.25) is 0 Å². The van der Waals surface area contributed by atoms with Gasteiger partial charge in [-0.15, -0.1) is 0 Å². The minimum atomic E-state index is 0.722. The van der Waals surface area contributed by atoms with Crippen LogP contribution in [-0.4, -0.2) is 9.97 Å². The predicted molar refractivity (Wildman–Crippen MR) is 53.8 cm³/mol. The van der Waals surface area contributed by atoms with Gasteiger partial charge in [-0.3, -0.25) is 0 Å². The minimum Gasteiger partial charge on any atom is -0.335 e. The zero-order valence-electron chi connectivity index (χ0n) is 5.97. The summed E-state index contributed by atoms with van der Waals surface area (Å²) < 4.78 is 0.963. The zero-order valence-corrected chi connectivity index (χ0v) is 8.37. The number of rotatable bonds is 1. The molecule has 0 spiro atoms. The molecular weight excluding hydrogens is 224 g/mol. The second-order valence-electron chi connectivity index (χ2n) is 2.04. The zero-order chi connectivity index (χ0) is 8.27. The lowest BCUT2D eigenvalue weighted by Crippen LogP contribution is -2.04. The maximum Gasteiger partial charge on any atom is 0.130 e. The van der Waals surface area contributed by atoms with Gasteiger partial charge in [-0.2, -0.15) is 0 Å². The van der Waals surface area contributed by atoms with Gasteiger partial charge in [-0.1, -0.05) is 12.2 Å². The van der Waals surface area contributed by atoms with Gasteiger partial charge in [0.1, 0.15) is 5.82 Å². The molecule has 0 bridgehead atoms. The van der Waals surface area contributed by atoms with E-state index in [-0.39, 0.29) is 0 Å². The summed E-state index contributed by atoms with van der Waals surface area (Å²) in [6.07, 6.45) is 1.72. The van der Waals surface area contributed by atoms with Crippen molar-refractivity contribution in [1.82, 2.24) is 4.98 Å². The lowest BCUT2D eigenvalue weighted by atomic mass is 10.4. The lowest BCUT2D eigenvalue weighted by molar-refractivity contribution is 1.31. The van der Waals surface area contributed by atoms with E-state index in [1.54, 1.807) is 6.20 Å². The van der Waals surface area contributed by atoms with Crippen LogP contribution in [0.4, 0.5) is 5.82 Å². The molecule has 0 saturated heterocycles. The molecule has 11 heavy (non-hydrogen) atoms. The molecule has 0 aliphatic carbocycles. The topological polar surface area (TPSA) is 24.9 Å². The van der Waals surface area contributed by atoms with Crippen molar-refractivity contribution < 1.29 is 0 Å². The summed E-state index contributed by atoms with van der Waals surface area (Å²) in [6, 6.07) is 3.77. The van der Waals surface area contributed by atoms with Crippen molar-refractivity contribution in [2.24, 2.45) is 0 Å². The SMILES string of the molecule is CC(=S)Nc1ccc(Br)cn1. The molecule has 0 aromatic carbocycles. The van der Waals surface area contributed by atoms with Crippen molar-refractivity contribution >= 4 is 39.0 Å². The third-order valence-corrected chi connectivity index (χ3v) is 1.60. The maximum atomic E-state index is 4.85. The van der Waals surface area contributed by atoms with E-state index in [2.05, 4.69) is 26.2 Å². The second kappa shape index (κ2) is 3.78. The molecule has 0 aliphatic heterocycles. The Labute approximate surface area is 79.2 Å². The number of aromatic nitrogens is 1. The molecule has 0 amide bonds. The van der Waals surface area contributed by atoms with E-state index in [1.807, 2.05) is 19.1 Å². The Bertz CT molecular complexity index is 258.